The molecule has 1 aliphatic heterocycles. The Labute approximate surface area is 214 Å². The van der Waals surface area contributed by atoms with Crippen molar-refractivity contribution in [2.45, 2.75) is 31.6 Å². The molecule has 1 fully saturated rings. The zero-order valence-electron chi connectivity index (χ0n) is 20.1. The van der Waals surface area contributed by atoms with Crippen molar-refractivity contribution in [3.63, 3.8) is 0 Å². The molecule has 4 aromatic rings. The Kier molecular flexibility index (Phi) is 7.12. The van der Waals surface area contributed by atoms with Gasteiger partial charge in [0.1, 0.15) is 11.6 Å². The van der Waals surface area contributed by atoms with E-state index in [2.05, 4.69) is 0 Å². The number of β-lactam (4-membered cyclic amide) rings is 1. The Morgan fingerprint density at radius 3 is 2.11 bits per heavy atom. The van der Waals surface area contributed by atoms with E-state index in [0.29, 0.717) is 24.1 Å². The molecule has 4 aromatic carbocycles. The molecule has 188 valence electrons. The molecule has 0 aromatic heterocycles. The number of hydrogen-bond acceptors (Lipinski definition) is 3. The Morgan fingerprint density at radius 1 is 0.811 bits per heavy atom. The molecule has 0 spiro atoms. The van der Waals surface area contributed by atoms with Gasteiger partial charge in [-0.3, -0.25) is 4.79 Å². The van der Waals surface area contributed by atoms with Crippen LogP contribution in [0.25, 0.3) is 11.1 Å². The molecule has 1 heterocycles. The summed E-state index contributed by atoms with van der Waals surface area (Å²) in [6.45, 7) is -0.0335. The first-order valence-electron chi connectivity index (χ1n) is 12.3. The van der Waals surface area contributed by atoms with Crippen LogP contribution in [0.1, 0.15) is 41.7 Å². The number of carbonyl (C=O) groups excluding carboxylic acids is 1. The number of rotatable bonds is 8. The average Bonchev–Trinajstić information content (AvgIpc) is 2.93. The second-order valence-electron chi connectivity index (χ2n) is 9.36. The topological polar surface area (TPSA) is 60.8 Å². The van der Waals surface area contributed by atoms with Crippen LogP contribution in [0.4, 0.5) is 14.5 Å². The van der Waals surface area contributed by atoms with E-state index in [1.807, 2.05) is 48.5 Å². The fourth-order valence-electron chi connectivity index (χ4n) is 5.01. The van der Waals surface area contributed by atoms with Crippen LogP contribution in [-0.2, 0) is 11.4 Å². The summed E-state index contributed by atoms with van der Waals surface area (Å²) in [5.74, 6) is -1.18. The summed E-state index contributed by atoms with van der Waals surface area (Å²) in [5, 5.41) is 20.1. The Hall–Kier alpha value is -3.87. The maximum atomic E-state index is 13.6. The molecule has 5 rings (SSSR count). The fourth-order valence-corrected chi connectivity index (χ4v) is 5.01. The second kappa shape index (κ2) is 10.6. The van der Waals surface area contributed by atoms with Crippen LogP contribution >= 0.6 is 0 Å². The van der Waals surface area contributed by atoms with E-state index in [4.69, 9.17) is 0 Å². The lowest BCUT2D eigenvalue weighted by Crippen LogP contribution is -2.55. The molecule has 0 saturated carbocycles. The molecule has 0 aliphatic carbocycles. The third-order valence-corrected chi connectivity index (χ3v) is 7.02. The molecule has 3 atom stereocenters. The van der Waals surface area contributed by atoms with E-state index in [1.54, 1.807) is 29.2 Å². The number of aliphatic hydroxyl groups excluding tert-OH is 2. The van der Waals surface area contributed by atoms with Gasteiger partial charge in [-0.1, -0.05) is 54.6 Å². The number of aliphatic hydroxyl groups is 2. The zero-order valence-corrected chi connectivity index (χ0v) is 20.1. The first kappa shape index (κ1) is 24.8. The quantitative estimate of drug-likeness (QED) is 0.278. The molecule has 2 N–H and O–H groups in total. The number of amides is 1. The van der Waals surface area contributed by atoms with Gasteiger partial charge >= 0.3 is 0 Å². The van der Waals surface area contributed by atoms with Crippen LogP contribution in [0, 0.1) is 17.6 Å². The predicted octanol–water partition coefficient (Wildman–Crippen LogP) is 6.34. The van der Waals surface area contributed by atoms with Crippen LogP contribution in [0.15, 0.2) is 97.1 Å². The Morgan fingerprint density at radius 2 is 1.46 bits per heavy atom. The summed E-state index contributed by atoms with van der Waals surface area (Å²) in [6, 6.07) is 26.9. The molecule has 1 saturated heterocycles. The highest BCUT2D eigenvalue weighted by molar-refractivity contribution is 6.03. The van der Waals surface area contributed by atoms with Gasteiger partial charge in [0.05, 0.1) is 24.7 Å². The second-order valence-corrected chi connectivity index (χ2v) is 9.36. The van der Waals surface area contributed by atoms with Crippen LogP contribution < -0.4 is 4.90 Å². The minimum atomic E-state index is -0.810. The summed E-state index contributed by atoms with van der Waals surface area (Å²) in [5.41, 5.74) is 4.96. The maximum Gasteiger partial charge on any atom is 0.233 e. The molecule has 37 heavy (non-hydrogen) atoms. The van der Waals surface area contributed by atoms with Crippen LogP contribution in [0.2, 0.25) is 0 Å². The van der Waals surface area contributed by atoms with Crippen molar-refractivity contribution in [3.05, 3.63) is 125 Å². The monoisotopic (exact) mass is 499 g/mol. The Bertz CT molecular complexity index is 1370. The largest absolute Gasteiger partial charge is 0.392 e. The van der Waals surface area contributed by atoms with Gasteiger partial charge in [-0.05, 0) is 83.1 Å². The molecule has 4 nitrogen and oxygen atoms in total. The van der Waals surface area contributed by atoms with Crippen molar-refractivity contribution in [2.75, 3.05) is 4.90 Å². The van der Waals surface area contributed by atoms with Gasteiger partial charge in [0.15, 0.2) is 0 Å². The van der Waals surface area contributed by atoms with Crippen molar-refractivity contribution < 1.29 is 23.8 Å². The lowest BCUT2D eigenvalue weighted by Gasteiger charge is -2.48. The first-order chi connectivity index (χ1) is 17.9. The minimum Gasteiger partial charge on any atom is -0.392 e. The first-order valence-corrected chi connectivity index (χ1v) is 12.3. The molecule has 1 amide bonds. The highest BCUT2D eigenvalue weighted by atomic mass is 19.1. The number of nitrogens with zero attached hydrogens (tertiary/aromatic N) is 1. The number of benzene rings is 4. The van der Waals surface area contributed by atoms with Crippen molar-refractivity contribution in [1.82, 2.24) is 0 Å². The summed E-state index contributed by atoms with van der Waals surface area (Å²) >= 11 is 0. The van der Waals surface area contributed by atoms with Gasteiger partial charge in [0.2, 0.25) is 5.91 Å². The van der Waals surface area contributed by atoms with Gasteiger partial charge in [0.25, 0.3) is 0 Å². The van der Waals surface area contributed by atoms with Gasteiger partial charge in [0, 0.05) is 5.69 Å². The van der Waals surface area contributed by atoms with Gasteiger partial charge in [-0.2, -0.15) is 0 Å². The van der Waals surface area contributed by atoms with Crippen LogP contribution in [0.5, 0.6) is 0 Å². The van der Waals surface area contributed by atoms with Crippen LogP contribution in [0.3, 0.4) is 0 Å². The van der Waals surface area contributed by atoms with Crippen molar-refractivity contribution in [3.8, 4) is 11.1 Å². The molecular formula is C31H27F2NO3. The molecule has 6 heteroatoms. The Balaban J connectivity index is 1.40. The number of halogens is 2. The van der Waals surface area contributed by atoms with E-state index < -0.39 is 6.10 Å². The van der Waals surface area contributed by atoms with E-state index in [-0.39, 0.29) is 36.1 Å². The number of anilines is 1. The predicted molar refractivity (Wildman–Crippen MR) is 139 cm³/mol. The fraction of sp³-hybridized carbons (Fsp3) is 0.194. The summed E-state index contributed by atoms with van der Waals surface area (Å²) in [7, 11) is 0. The highest BCUT2D eigenvalue weighted by Gasteiger charge is 2.48. The molecular weight excluding hydrogens is 472 g/mol. The lowest BCUT2D eigenvalue weighted by molar-refractivity contribution is -0.131. The minimum absolute atomic E-state index is 0.0335. The SMILES string of the molecule is O=C1C(CC[C@H](O)c2ccc(F)cc2)[C@@H](c2ccc(-c3cccc(CO)c3)cc2)N1c1ccc(F)cc1. The molecule has 0 bridgehead atoms. The third kappa shape index (κ3) is 5.17. The van der Waals surface area contributed by atoms with Crippen molar-refractivity contribution >= 4 is 11.6 Å². The molecule has 0 radical (unpaired) electrons. The molecule has 1 unspecified atom stereocenters. The molecule has 1 aliphatic rings. The normalized spacial score (nSPS) is 17.9. The van der Waals surface area contributed by atoms with Gasteiger partial charge < -0.3 is 15.1 Å². The summed E-state index contributed by atoms with van der Waals surface area (Å²) in [6.07, 6.45) is -0.0166. The average molecular weight is 500 g/mol. The van der Waals surface area contributed by atoms with Crippen molar-refractivity contribution in [1.29, 1.82) is 0 Å². The van der Waals surface area contributed by atoms with E-state index in [1.165, 1.54) is 24.3 Å². The van der Waals surface area contributed by atoms with Gasteiger partial charge in [-0.15, -0.1) is 0 Å². The standard InChI is InChI=1S/C31H27F2NO3/c32-25-10-8-22(9-11-25)29(36)17-16-28-30(34(31(28)37)27-14-12-26(33)13-15-27)23-6-4-21(5-7-23)24-3-1-2-20(18-24)19-35/h1-15,18,28-30,35-36H,16-17,19H2/t28?,29-,30+/m0/s1. The maximum absolute atomic E-state index is 13.6. The van der Waals surface area contributed by atoms with E-state index in [0.717, 1.165) is 22.3 Å². The summed E-state index contributed by atoms with van der Waals surface area (Å²) < 4.78 is 26.8. The van der Waals surface area contributed by atoms with E-state index in [9.17, 15) is 23.8 Å². The summed E-state index contributed by atoms with van der Waals surface area (Å²) in [4.78, 5) is 14.9. The lowest BCUT2D eigenvalue weighted by atomic mass is 9.78. The third-order valence-electron chi connectivity index (χ3n) is 7.02. The van der Waals surface area contributed by atoms with Crippen molar-refractivity contribution in [2.24, 2.45) is 5.92 Å². The number of hydrogen-bond donors (Lipinski definition) is 2. The smallest absolute Gasteiger partial charge is 0.233 e. The highest BCUT2D eigenvalue weighted by Crippen LogP contribution is 2.46. The van der Waals surface area contributed by atoms with Gasteiger partial charge in [-0.25, -0.2) is 8.78 Å². The van der Waals surface area contributed by atoms with Crippen LogP contribution in [-0.4, -0.2) is 16.1 Å². The zero-order chi connectivity index (χ0) is 25.9. The number of carbonyl (C=O) groups is 1. The van der Waals surface area contributed by atoms with E-state index >= 15 is 0 Å².